The minimum Gasteiger partial charge on any atom is -0.465 e. The van der Waals surface area contributed by atoms with Gasteiger partial charge in [-0.2, -0.15) is 4.72 Å². The highest BCUT2D eigenvalue weighted by molar-refractivity contribution is 7.89. The largest absolute Gasteiger partial charge is 0.465 e. The molecule has 2 heterocycles. The molecule has 0 aliphatic rings. The normalized spacial score (nSPS) is 12.7. The van der Waals surface area contributed by atoms with Crippen molar-refractivity contribution in [2.45, 2.75) is 24.3 Å². The summed E-state index contributed by atoms with van der Waals surface area (Å²) in [5.74, 6) is -0.662. The van der Waals surface area contributed by atoms with Crippen LogP contribution in [0.25, 0.3) is 0 Å². The molecular weight excluding hydrogens is 402 g/mol. The van der Waals surface area contributed by atoms with E-state index >= 15 is 0 Å². The molecule has 0 radical (unpaired) electrons. The fourth-order valence-electron chi connectivity index (χ4n) is 2.66. The second kappa shape index (κ2) is 8.35. The van der Waals surface area contributed by atoms with Crippen LogP contribution in [0, 0.1) is 0 Å². The van der Waals surface area contributed by atoms with Gasteiger partial charge in [0.1, 0.15) is 9.77 Å². The van der Waals surface area contributed by atoms with Crippen LogP contribution in [0.15, 0.2) is 58.1 Å². The predicted molar refractivity (Wildman–Crippen MR) is 108 cm³/mol. The summed E-state index contributed by atoms with van der Waals surface area (Å²) >= 11 is 2.52. The molecule has 2 aromatic heterocycles. The Morgan fingerprint density at radius 1 is 1.11 bits per heavy atom. The van der Waals surface area contributed by atoms with E-state index in [2.05, 4.69) is 11.6 Å². The number of benzene rings is 1. The molecule has 0 aliphatic heterocycles. The topological polar surface area (TPSA) is 72.5 Å². The minimum absolute atomic E-state index is 0.0638. The number of rotatable bonds is 7. The van der Waals surface area contributed by atoms with Gasteiger partial charge in [-0.1, -0.05) is 37.3 Å². The minimum atomic E-state index is -3.93. The zero-order chi connectivity index (χ0) is 19.4. The molecule has 0 fully saturated rings. The van der Waals surface area contributed by atoms with E-state index in [1.54, 1.807) is 5.38 Å². The molecule has 0 spiro atoms. The van der Waals surface area contributed by atoms with Crippen molar-refractivity contribution in [1.29, 1.82) is 0 Å². The van der Waals surface area contributed by atoms with E-state index in [4.69, 9.17) is 4.74 Å². The van der Waals surface area contributed by atoms with Crippen molar-refractivity contribution < 1.29 is 17.9 Å². The molecule has 8 heteroatoms. The summed E-state index contributed by atoms with van der Waals surface area (Å²) in [7, 11) is -2.69. The quantitative estimate of drug-likeness (QED) is 0.580. The number of hydrogen-bond acceptors (Lipinski definition) is 6. The van der Waals surface area contributed by atoms with Gasteiger partial charge in [0.2, 0.25) is 10.0 Å². The maximum atomic E-state index is 13.0. The molecule has 0 amide bonds. The van der Waals surface area contributed by atoms with Crippen molar-refractivity contribution >= 4 is 38.7 Å². The molecule has 3 aromatic rings. The Bertz CT molecular complexity index is 1010. The van der Waals surface area contributed by atoms with Gasteiger partial charge >= 0.3 is 5.97 Å². The molecule has 3 rings (SSSR count). The van der Waals surface area contributed by atoms with Crippen molar-refractivity contribution in [2.24, 2.45) is 0 Å². The average molecular weight is 422 g/mol. The van der Waals surface area contributed by atoms with E-state index in [1.165, 1.54) is 30.1 Å². The first kappa shape index (κ1) is 19.8. The highest BCUT2D eigenvalue weighted by atomic mass is 32.2. The molecule has 0 saturated heterocycles. The molecule has 0 bridgehead atoms. The third-order valence-electron chi connectivity index (χ3n) is 4.11. The maximum absolute atomic E-state index is 13.0. The number of esters is 1. The molecule has 1 atom stereocenters. The molecule has 0 aliphatic carbocycles. The summed E-state index contributed by atoms with van der Waals surface area (Å²) in [6.07, 6.45) is 0.910. The van der Waals surface area contributed by atoms with Gasteiger partial charge in [0.15, 0.2) is 0 Å². The van der Waals surface area contributed by atoms with Crippen LogP contribution in [0.3, 0.4) is 0 Å². The van der Waals surface area contributed by atoms with E-state index in [1.807, 2.05) is 41.8 Å². The van der Waals surface area contributed by atoms with Gasteiger partial charge in [-0.05, 0) is 40.4 Å². The summed E-state index contributed by atoms with van der Waals surface area (Å²) in [6.45, 7) is 2.07. The lowest BCUT2D eigenvalue weighted by atomic mass is 10.0. The Balaban J connectivity index is 1.99. The Labute approximate surface area is 166 Å². The average Bonchev–Trinajstić information content (AvgIpc) is 3.37. The monoisotopic (exact) mass is 421 g/mol. The van der Waals surface area contributed by atoms with Crippen molar-refractivity contribution in [3.8, 4) is 0 Å². The number of hydrogen-bond donors (Lipinski definition) is 1. The lowest BCUT2D eigenvalue weighted by molar-refractivity contribution is 0.0602. The fraction of sp³-hybridized carbons (Fsp3) is 0.211. The molecule has 0 unspecified atom stereocenters. The van der Waals surface area contributed by atoms with Crippen molar-refractivity contribution in [3.05, 3.63) is 74.1 Å². The third-order valence-corrected chi connectivity index (χ3v) is 7.54. The first-order chi connectivity index (χ1) is 13.0. The maximum Gasteiger partial charge on any atom is 0.349 e. The lowest BCUT2D eigenvalue weighted by Gasteiger charge is -2.18. The predicted octanol–water partition coefficient (Wildman–Crippen LogP) is 4.23. The molecule has 1 aromatic carbocycles. The second-order valence-corrected chi connectivity index (χ2v) is 9.35. The fourth-order valence-corrected chi connectivity index (χ4v) is 6.08. The Kier molecular flexibility index (Phi) is 6.11. The Hall–Kier alpha value is -2.00. The van der Waals surface area contributed by atoms with Crippen molar-refractivity contribution in [1.82, 2.24) is 4.72 Å². The number of carbonyl (C=O) groups excluding carboxylic acids is 1. The summed E-state index contributed by atoms with van der Waals surface area (Å²) < 4.78 is 33.5. The van der Waals surface area contributed by atoms with Gasteiger partial charge < -0.3 is 4.74 Å². The van der Waals surface area contributed by atoms with E-state index in [-0.39, 0.29) is 9.77 Å². The Morgan fingerprint density at radius 2 is 1.85 bits per heavy atom. The summed E-state index contributed by atoms with van der Waals surface area (Å²) in [6, 6.07) is 12.5. The van der Waals surface area contributed by atoms with Crippen LogP contribution < -0.4 is 4.72 Å². The van der Waals surface area contributed by atoms with E-state index < -0.39 is 22.0 Å². The number of sulfonamides is 1. The van der Waals surface area contributed by atoms with Crippen LogP contribution in [0.5, 0.6) is 0 Å². The molecule has 5 nitrogen and oxygen atoms in total. The van der Waals surface area contributed by atoms with Crippen LogP contribution in [-0.2, 0) is 21.2 Å². The summed E-state index contributed by atoms with van der Waals surface area (Å²) in [5.41, 5.74) is 2.02. The molecule has 1 N–H and O–H groups in total. The van der Waals surface area contributed by atoms with Gasteiger partial charge in [-0.15, -0.1) is 22.7 Å². The SMILES string of the molecule is CCc1ccc([C@@H](NS(=O)(=O)c2ccsc2C(=O)OC)c2cccs2)cc1. The summed E-state index contributed by atoms with van der Waals surface area (Å²) in [5, 5.41) is 3.47. The summed E-state index contributed by atoms with van der Waals surface area (Å²) in [4.78, 5) is 12.8. The standard InChI is InChI=1S/C19H19NO4S3/c1-3-13-6-8-14(9-7-13)17(15-5-4-11-25-15)20-27(22,23)16-10-12-26-18(16)19(21)24-2/h4-12,17,20H,3H2,1-2H3/t17-/m1/s1. The molecule has 27 heavy (non-hydrogen) atoms. The third kappa shape index (κ3) is 4.30. The van der Waals surface area contributed by atoms with Crippen LogP contribution in [0.2, 0.25) is 0 Å². The van der Waals surface area contributed by atoms with E-state index in [0.29, 0.717) is 0 Å². The van der Waals surface area contributed by atoms with Gasteiger partial charge in [0, 0.05) is 4.88 Å². The van der Waals surface area contributed by atoms with Crippen LogP contribution >= 0.6 is 22.7 Å². The van der Waals surface area contributed by atoms with Gasteiger partial charge in [0.05, 0.1) is 13.2 Å². The second-order valence-electron chi connectivity index (χ2n) is 5.77. The smallest absolute Gasteiger partial charge is 0.349 e. The highest BCUT2D eigenvalue weighted by Gasteiger charge is 2.29. The molecule has 142 valence electrons. The number of thiophene rings is 2. The molecular formula is C19H19NO4S3. The number of carbonyl (C=O) groups is 1. The molecule has 0 saturated carbocycles. The van der Waals surface area contributed by atoms with E-state index in [9.17, 15) is 13.2 Å². The van der Waals surface area contributed by atoms with Crippen molar-refractivity contribution in [3.63, 3.8) is 0 Å². The van der Waals surface area contributed by atoms with Gasteiger partial charge in [-0.25, -0.2) is 13.2 Å². The zero-order valence-corrected chi connectivity index (χ0v) is 17.3. The number of methoxy groups -OCH3 is 1. The van der Waals surface area contributed by atoms with Gasteiger partial charge in [-0.3, -0.25) is 0 Å². The first-order valence-electron chi connectivity index (χ1n) is 8.26. The highest BCUT2D eigenvalue weighted by Crippen LogP contribution is 2.30. The van der Waals surface area contributed by atoms with Crippen LogP contribution in [-0.4, -0.2) is 21.5 Å². The zero-order valence-electron chi connectivity index (χ0n) is 14.8. The van der Waals surface area contributed by atoms with Crippen molar-refractivity contribution in [2.75, 3.05) is 7.11 Å². The lowest BCUT2D eigenvalue weighted by Crippen LogP contribution is -2.29. The number of ether oxygens (including phenoxy) is 1. The van der Waals surface area contributed by atoms with Gasteiger partial charge in [0.25, 0.3) is 0 Å². The number of aryl methyl sites for hydroxylation is 1. The number of nitrogens with one attached hydrogen (secondary N) is 1. The first-order valence-corrected chi connectivity index (χ1v) is 11.5. The van der Waals surface area contributed by atoms with Crippen LogP contribution in [0.4, 0.5) is 0 Å². The Morgan fingerprint density at radius 3 is 2.44 bits per heavy atom. The van der Waals surface area contributed by atoms with Crippen LogP contribution in [0.1, 0.15) is 38.6 Å². The van der Waals surface area contributed by atoms with E-state index in [0.717, 1.165) is 28.2 Å².